The number of halogens is 1. The van der Waals surface area contributed by atoms with Gasteiger partial charge in [-0.15, -0.1) is 0 Å². The van der Waals surface area contributed by atoms with Crippen LogP contribution in [-0.2, 0) is 0 Å². The summed E-state index contributed by atoms with van der Waals surface area (Å²) < 4.78 is 0. The molecule has 1 aromatic carbocycles. The highest BCUT2D eigenvalue weighted by molar-refractivity contribution is 6.30. The summed E-state index contributed by atoms with van der Waals surface area (Å²) in [5.41, 5.74) is 0.848. The van der Waals surface area contributed by atoms with Crippen molar-refractivity contribution < 1.29 is 5.11 Å². The van der Waals surface area contributed by atoms with Gasteiger partial charge >= 0.3 is 0 Å². The molecule has 0 heterocycles. The van der Waals surface area contributed by atoms with E-state index in [0.29, 0.717) is 5.02 Å². The average Bonchev–Trinajstić information content (AvgIpc) is 2.23. The molecule has 0 bridgehead atoms. The molecule has 0 aromatic heterocycles. The van der Waals surface area contributed by atoms with Gasteiger partial charge in [0.15, 0.2) is 0 Å². The van der Waals surface area contributed by atoms with Crippen LogP contribution >= 0.6 is 11.6 Å². The molecular weight excluding hydrogens is 234 g/mol. The molecule has 0 saturated heterocycles. The maximum absolute atomic E-state index is 10.3. The van der Waals surface area contributed by atoms with E-state index in [4.69, 9.17) is 11.6 Å². The molecule has 3 heteroatoms. The molecule has 0 aliphatic heterocycles. The van der Waals surface area contributed by atoms with E-state index in [2.05, 4.69) is 33.0 Å². The van der Waals surface area contributed by atoms with Gasteiger partial charge in [0.2, 0.25) is 0 Å². The van der Waals surface area contributed by atoms with Gasteiger partial charge in [0.25, 0.3) is 0 Å². The van der Waals surface area contributed by atoms with Crippen LogP contribution in [0.1, 0.15) is 45.8 Å². The maximum atomic E-state index is 10.3. The Morgan fingerprint density at radius 3 is 2.47 bits per heavy atom. The summed E-state index contributed by atoms with van der Waals surface area (Å²) in [6, 6.07) is 7.44. The molecule has 1 rings (SSSR count). The van der Waals surface area contributed by atoms with E-state index in [9.17, 15) is 5.11 Å². The maximum Gasteiger partial charge on any atom is 0.0943 e. The molecule has 0 amide bonds. The molecule has 2 atom stereocenters. The number of hydrogen-bond acceptors (Lipinski definition) is 2. The molecule has 0 aliphatic rings. The molecule has 0 radical (unpaired) electrons. The van der Waals surface area contributed by atoms with Crippen molar-refractivity contribution in [2.45, 2.75) is 51.8 Å². The molecule has 2 N–H and O–H groups in total. The van der Waals surface area contributed by atoms with Crippen molar-refractivity contribution in [1.29, 1.82) is 0 Å². The zero-order valence-corrected chi connectivity index (χ0v) is 11.8. The second kappa shape index (κ2) is 5.85. The summed E-state index contributed by atoms with van der Waals surface area (Å²) in [5.74, 6) is 0. The lowest BCUT2D eigenvalue weighted by Crippen LogP contribution is -2.46. The quantitative estimate of drug-likeness (QED) is 0.863. The van der Waals surface area contributed by atoms with Gasteiger partial charge < -0.3 is 10.4 Å². The Morgan fingerprint density at radius 1 is 1.35 bits per heavy atom. The predicted molar refractivity (Wildman–Crippen MR) is 73.4 cm³/mol. The van der Waals surface area contributed by atoms with Crippen LogP contribution in [0.4, 0.5) is 0 Å². The first kappa shape index (κ1) is 14.5. The third-order valence-corrected chi connectivity index (χ3v) is 2.86. The summed E-state index contributed by atoms with van der Waals surface area (Å²) in [5, 5.41) is 14.4. The van der Waals surface area contributed by atoms with Gasteiger partial charge in [-0.05, 0) is 44.9 Å². The fourth-order valence-corrected chi connectivity index (χ4v) is 2.08. The number of aliphatic hydroxyl groups excluding tert-OH is 1. The van der Waals surface area contributed by atoms with Crippen LogP contribution < -0.4 is 5.32 Å². The summed E-state index contributed by atoms with van der Waals surface area (Å²) >= 11 is 5.94. The van der Waals surface area contributed by atoms with Crippen molar-refractivity contribution in [3.8, 4) is 0 Å². The monoisotopic (exact) mass is 255 g/mol. The molecule has 17 heavy (non-hydrogen) atoms. The Kier molecular flexibility index (Phi) is 4.99. The van der Waals surface area contributed by atoms with E-state index in [1.54, 1.807) is 0 Å². The molecule has 0 fully saturated rings. The standard InChI is InChI=1S/C14H22ClNO/c1-5-12(16-14(2,3)4)13(17)10-7-6-8-11(15)9-10/h6-9,12-13,16-17H,5H2,1-4H3/t12-,13-/m1/s1. The smallest absolute Gasteiger partial charge is 0.0943 e. The second-order valence-corrected chi connectivity index (χ2v) is 5.85. The van der Waals surface area contributed by atoms with Gasteiger partial charge in [-0.2, -0.15) is 0 Å². The topological polar surface area (TPSA) is 32.3 Å². The minimum Gasteiger partial charge on any atom is -0.387 e. The zero-order chi connectivity index (χ0) is 13.1. The first-order valence-corrected chi connectivity index (χ1v) is 6.42. The first-order valence-electron chi connectivity index (χ1n) is 6.04. The van der Waals surface area contributed by atoms with Crippen LogP contribution in [0.15, 0.2) is 24.3 Å². The molecular formula is C14H22ClNO. The lowest BCUT2D eigenvalue weighted by molar-refractivity contribution is 0.111. The summed E-state index contributed by atoms with van der Waals surface area (Å²) in [4.78, 5) is 0. The number of benzene rings is 1. The molecule has 1 aromatic rings. The van der Waals surface area contributed by atoms with Crippen LogP contribution in [0.5, 0.6) is 0 Å². The first-order chi connectivity index (χ1) is 7.83. The molecule has 0 saturated carbocycles. The highest BCUT2D eigenvalue weighted by atomic mass is 35.5. The zero-order valence-electron chi connectivity index (χ0n) is 11.0. The normalized spacial score (nSPS) is 15.6. The predicted octanol–water partition coefficient (Wildman–Crippen LogP) is 3.54. The van der Waals surface area contributed by atoms with Crippen molar-refractivity contribution in [2.24, 2.45) is 0 Å². The summed E-state index contributed by atoms with van der Waals surface area (Å²) in [6.45, 7) is 8.36. The molecule has 0 aliphatic carbocycles. The van der Waals surface area contributed by atoms with E-state index in [1.165, 1.54) is 0 Å². The van der Waals surface area contributed by atoms with Crippen molar-refractivity contribution in [2.75, 3.05) is 0 Å². The van der Waals surface area contributed by atoms with Crippen LogP contribution in [0.3, 0.4) is 0 Å². The fourth-order valence-electron chi connectivity index (χ4n) is 1.88. The Labute approximate surface area is 109 Å². The van der Waals surface area contributed by atoms with E-state index in [0.717, 1.165) is 12.0 Å². The number of rotatable bonds is 4. The van der Waals surface area contributed by atoms with Crippen LogP contribution in [0, 0.1) is 0 Å². The van der Waals surface area contributed by atoms with Crippen molar-refractivity contribution >= 4 is 11.6 Å². The Balaban J connectivity index is 2.82. The second-order valence-electron chi connectivity index (χ2n) is 5.41. The van der Waals surface area contributed by atoms with E-state index in [1.807, 2.05) is 24.3 Å². The van der Waals surface area contributed by atoms with E-state index < -0.39 is 6.10 Å². The number of aliphatic hydroxyl groups is 1. The van der Waals surface area contributed by atoms with Gasteiger partial charge in [0.1, 0.15) is 0 Å². The Hall–Kier alpha value is -0.570. The minimum atomic E-state index is -0.530. The highest BCUT2D eigenvalue weighted by Crippen LogP contribution is 2.23. The third-order valence-electron chi connectivity index (χ3n) is 2.63. The van der Waals surface area contributed by atoms with Crippen molar-refractivity contribution in [1.82, 2.24) is 5.32 Å². The molecule has 96 valence electrons. The Morgan fingerprint density at radius 2 is 2.00 bits per heavy atom. The summed E-state index contributed by atoms with van der Waals surface area (Å²) in [6.07, 6.45) is 0.336. The number of nitrogens with one attached hydrogen (secondary N) is 1. The largest absolute Gasteiger partial charge is 0.387 e. The van der Waals surface area contributed by atoms with Crippen LogP contribution in [-0.4, -0.2) is 16.7 Å². The van der Waals surface area contributed by atoms with Gasteiger partial charge in [0.05, 0.1) is 6.10 Å². The van der Waals surface area contributed by atoms with Crippen molar-refractivity contribution in [3.63, 3.8) is 0 Å². The lowest BCUT2D eigenvalue weighted by Gasteiger charge is -2.31. The average molecular weight is 256 g/mol. The van der Waals surface area contributed by atoms with Crippen molar-refractivity contribution in [3.05, 3.63) is 34.9 Å². The fraction of sp³-hybridized carbons (Fsp3) is 0.571. The van der Waals surface area contributed by atoms with Crippen LogP contribution in [0.25, 0.3) is 0 Å². The number of hydrogen-bond donors (Lipinski definition) is 2. The minimum absolute atomic E-state index is 0.0137. The van der Waals surface area contributed by atoms with Crippen LogP contribution in [0.2, 0.25) is 5.02 Å². The molecule has 0 spiro atoms. The Bertz CT molecular complexity index is 359. The summed E-state index contributed by atoms with van der Waals surface area (Å²) in [7, 11) is 0. The van der Waals surface area contributed by atoms with Gasteiger partial charge in [-0.1, -0.05) is 30.7 Å². The third kappa shape index (κ3) is 4.66. The van der Waals surface area contributed by atoms with E-state index >= 15 is 0 Å². The molecule has 0 unspecified atom stereocenters. The molecule has 2 nitrogen and oxygen atoms in total. The van der Waals surface area contributed by atoms with Gasteiger partial charge in [-0.25, -0.2) is 0 Å². The SMILES string of the molecule is CC[C@@H](NC(C)(C)C)[C@H](O)c1cccc(Cl)c1. The van der Waals surface area contributed by atoms with E-state index in [-0.39, 0.29) is 11.6 Å². The highest BCUT2D eigenvalue weighted by Gasteiger charge is 2.23. The van der Waals surface area contributed by atoms with Gasteiger partial charge in [-0.3, -0.25) is 0 Å². The van der Waals surface area contributed by atoms with Gasteiger partial charge in [0, 0.05) is 16.6 Å². The lowest BCUT2D eigenvalue weighted by atomic mass is 9.97.